The van der Waals surface area contributed by atoms with Crippen LogP contribution in [0.4, 0.5) is 5.69 Å². The zero-order valence-electron chi connectivity index (χ0n) is 16.5. The van der Waals surface area contributed by atoms with Crippen LogP contribution in [0.5, 0.6) is 0 Å². The molecule has 0 saturated carbocycles. The molecule has 31 heavy (non-hydrogen) atoms. The number of Topliss-reactive ketones (excluding diaryl/α,β-unsaturated/α-hetero) is 1. The Bertz CT molecular complexity index is 1180. The van der Waals surface area contributed by atoms with Gasteiger partial charge >= 0.3 is 0 Å². The Balaban J connectivity index is 1.77. The average Bonchev–Trinajstić information content (AvgIpc) is 2.97. The summed E-state index contributed by atoms with van der Waals surface area (Å²) in [6, 6.07) is 18.9. The molecule has 2 atom stereocenters. The molecular formula is C24H18BrCl2NO3. The van der Waals surface area contributed by atoms with Crippen molar-refractivity contribution in [2.75, 3.05) is 4.90 Å². The fourth-order valence-electron chi connectivity index (χ4n) is 3.91. The van der Waals surface area contributed by atoms with E-state index in [2.05, 4.69) is 15.9 Å². The maximum Gasteiger partial charge on any atom is 0.264 e. The Morgan fingerprint density at radius 1 is 1.10 bits per heavy atom. The van der Waals surface area contributed by atoms with Crippen molar-refractivity contribution in [2.45, 2.75) is 19.1 Å². The summed E-state index contributed by atoms with van der Waals surface area (Å²) in [7, 11) is 0. The highest BCUT2D eigenvalue weighted by molar-refractivity contribution is 9.10. The molecule has 1 aliphatic rings. The molecule has 3 aromatic carbocycles. The first-order valence-electron chi connectivity index (χ1n) is 9.61. The number of aliphatic hydroxyl groups is 1. The van der Waals surface area contributed by atoms with E-state index in [0.29, 0.717) is 31.3 Å². The summed E-state index contributed by atoms with van der Waals surface area (Å²) < 4.78 is 0.697. The zero-order chi connectivity index (χ0) is 22.3. The molecule has 0 aliphatic carbocycles. The van der Waals surface area contributed by atoms with Crippen LogP contribution in [0.15, 0.2) is 71.2 Å². The van der Waals surface area contributed by atoms with E-state index in [-0.39, 0.29) is 12.3 Å². The number of hydrogen-bond donors (Lipinski definition) is 1. The molecule has 0 radical (unpaired) electrons. The number of anilines is 1. The average molecular weight is 519 g/mol. The SMILES string of the molecule is CC(C(=O)c1ccc(Cl)cc1)C1(O)C(=O)N(Cc2ccccc2Cl)c2ccc(Br)cc21. The summed E-state index contributed by atoms with van der Waals surface area (Å²) in [5.74, 6) is -1.93. The Morgan fingerprint density at radius 2 is 1.77 bits per heavy atom. The van der Waals surface area contributed by atoms with Crippen molar-refractivity contribution in [1.82, 2.24) is 0 Å². The van der Waals surface area contributed by atoms with E-state index in [4.69, 9.17) is 23.2 Å². The summed E-state index contributed by atoms with van der Waals surface area (Å²) >= 11 is 15.6. The van der Waals surface area contributed by atoms with E-state index in [1.54, 1.807) is 55.5 Å². The van der Waals surface area contributed by atoms with Crippen LogP contribution >= 0.6 is 39.1 Å². The maximum absolute atomic E-state index is 13.6. The van der Waals surface area contributed by atoms with Crippen molar-refractivity contribution in [3.63, 3.8) is 0 Å². The van der Waals surface area contributed by atoms with Gasteiger partial charge in [-0.3, -0.25) is 9.59 Å². The third kappa shape index (κ3) is 3.80. The normalized spacial score (nSPS) is 18.7. The van der Waals surface area contributed by atoms with Crippen molar-refractivity contribution in [1.29, 1.82) is 0 Å². The second kappa shape index (κ2) is 8.40. The van der Waals surface area contributed by atoms with Gasteiger partial charge in [0.05, 0.1) is 18.2 Å². The topological polar surface area (TPSA) is 57.6 Å². The van der Waals surface area contributed by atoms with Crippen molar-refractivity contribution >= 4 is 56.5 Å². The van der Waals surface area contributed by atoms with Crippen molar-refractivity contribution in [2.24, 2.45) is 5.92 Å². The summed E-state index contributed by atoms with van der Waals surface area (Å²) in [5, 5.41) is 12.7. The third-order valence-corrected chi connectivity index (χ3v) is 6.78. The highest BCUT2D eigenvalue weighted by Crippen LogP contribution is 2.47. The molecule has 0 aromatic heterocycles. The van der Waals surface area contributed by atoms with Crippen LogP contribution in [0, 0.1) is 5.92 Å². The predicted octanol–water partition coefficient (Wildman–Crippen LogP) is 6.01. The minimum Gasteiger partial charge on any atom is -0.375 e. The fraction of sp³-hybridized carbons (Fsp3) is 0.167. The summed E-state index contributed by atoms with van der Waals surface area (Å²) in [6.45, 7) is 1.75. The second-order valence-electron chi connectivity index (χ2n) is 7.50. The molecule has 0 bridgehead atoms. The largest absolute Gasteiger partial charge is 0.375 e. The highest BCUT2D eigenvalue weighted by Gasteiger charge is 2.55. The third-order valence-electron chi connectivity index (χ3n) is 5.67. The lowest BCUT2D eigenvalue weighted by Gasteiger charge is -2.29. The summed E-state index contributed by atoms with van der Waals surface area (Å²) in [5.41, 5.74) is 0.0311. The number of amides is 1. The van der Waals surface area contributed by atoms with Gasteiger partial charge in [-0.15, -0.1) is 0 Å². The van der Waals surface area contributed by atoms with Gasteiger partial charge in [-0.25, -0.2) is 0 Å². The smallest absolute Gasteiger partial charge is 0.264 e. The first-order chi connectivity index (χ1) is 14.7. The molecule has 1 amide bonds. The molecule has 1 N–H and O–H groups in total. The Labute approximate surface area is 198 Å². The fourth-order valence-corrected chi connectivity index (χ4v) is 4.59. The Kier molecular flexibility index (Phi) is 5.97. The van der Waals surface area contributed by atoms with E-state index in [9.17, 15) is 14.7 Å². The lowest BCUT2D eigenvalue weighted by molar-refractivity contribution is -0.139. The monoisotopic (exact) mass is 517 g/mol. The van der Waals surface area contributed by atoms with Gasteiger partial charge in [0.25, 0.3) is 5.91 Å². The molecular weight excluding hydrogens is 501 g/mol. The molecule has 2 unspecified atom stereocenters. The number of fused-ring (bicyclic) bond motifs is 1. The van der Waals surface area contributed by atoms with Gasteiger partial charge in [0.15, 0.2) is 11.4 Å². The Morgan fingerprint density at radius 3 is 2.45 bits per heavy atom. The standard InChI is InChI=1S/C24H18BrCl2NO3/c1-14(22(29)15-6-9-18(26)10-7-15)24(31)19-12-17(25)8-11-21(19)28(23(24)30)13-16-4-2-3-5-20(16)27/h2-12,14,31H,13H2,1H3. The van der Waals surface area contributed by atoms with Crippen LogP contribution in [0.1, 0.15) is 28.4 Å². The molecule has 1 heterocycles. The van der Waals surface area contributed by atoms with Crippen LogP contribution in [-0.2, 0) is 16.9 Å². The van der Waals surface area contributed by atoms with Gasteiger partial charge in [-0.1, -0.05) is 64.3 Å². The molecule has 7 heteroatoms. The van der Waals surface area contributed by atoms with E-state index in [1.165, 1.54) is 4.90 Å². The van der Waals surface area contributed by atoms with Crippen molar-refractivity contribution < 1.29 is 14.7 Å². The zero-order valence-corrected chi connectivity index (χ0v) is 19.6. The van der Waals surface area contributed by atoms with Crippen molar-refractivity contribution in [3.8, 4) is 0 Å². The molecule has 0 saturated heterocycles. The maximum atomic E-state index is 13.6. The lowest BCUT2D eigenvalue weighted by atomic mass is 9.79. The van der Waals surface area contributed by atoms with E-state index >= 15 is 0 Å². The van der Waals surface area contributed by atoms with Gasteiger partial charge in [0.2, 0.25) is 0 Å². The molecule has 4 rings (SSSR count). The van der Waals surface area contributed by atoms with E-state index in [1.807, 2.05) is 18.2 Å². The first kappa shape index (κ1) is 22.0. The molecule has 1 aliphatic heterocycles. The van der Waals surface area contributed by atoms with Crippen LogP contribution < -0.4 is 4.90 Å². The Hall–Kier alpha value is -2.18. The lowest BCUT2D eigenvalue weighted by Crippen LogP contribution is -2.47. The molecule has 0 fully saturated rings. The first-order valence-corrected chi connectivity index (χ1v) is 11.2. The van der Waals surface area contributed by atoms with Crippen LogP contribution in [0.25, 0.3) is 0 Å². The number of rotatable bonds is 5. The number of carbonyl (C=O) groups excluding carboxylic acids is 2. The van der Waals surface area contributed by atoms with E-state index in [0.717, 1.165) is 5.56 Å². The van der Waals surface area contributed by atoms with Crippen LogP contribution in [0.3, 0.4) is 0 Å². The van der Waals surface area contributed by atoms with Gasteiger partial charge in [-0.2, -0.15) is 0 Å². The molecule has 158 valence electrons. The number of benzene rings is 3. The van der Waals surface area contributed by atoms with Gasteiger partial charge in [-0.05, 0) is 54.1 Å². The highest BCUT2D eigenvalue weighted by atomic mass is 79.9. The van der Waals surface area contributed by atoms with Gasteiger partial charge < -0.3 is 10.0 Å². The minimum atomic E-state index is -2.02. The molecule has 4 nitrogen and oxygen atoms in total. The number of carbonyl (C=O) groups is 2. The summed E-state index contributed by atoms with van der Waals surface area (Å²) in [6.07, 6.45) is 0. The van der Waals surface area contributed by atoms with Crippen LogP contribution in [-0.4, -0.2) is 16.8 Å². The van der Waals surface area contributed by atoms with Crippen molar-refractivity contribution in [3.05, 3.63) is 97.9 Å². The number of hydrogen-bond acceptors (Lipinski definition) is 3. The molecule has 0 spiro atoms. The number of nitrogens with zero attached hydrogens (tertiary/aromatic N) is 1. The predicted molar refractivity (Wildman–Crippen MR) is 126 cm³/mol. The van der Waals surface area contributed by atoms with Gasteiger partial charge in [0, 0.05) is 25.6 Å². The number of ketones is 1. The molecule has 3 aromatic rings. The summed E-state index contributed by atoms with van der Waals surface area (Å²) in [4.78, 5) is 28.3. The van der Waals surface area contributed by atoms with Crippen LogP contribution in [0.2, 0.25) is 10.0 Å². The number of halogens is 3. The quantitative estimate of drug-likeness (QED) is 0.421. The second-order valence-corrected chi connectivity index (χ2v) is 9.26. The minimum absolute atomic E-state index is 0.178. The van der Waals surface area contributed by atoms with E-state index < -0.39 is 17.4 Å². The van der Waals surface area contributed by atoms with Gasteiger partial charge in [0.1, 0.15) is 0 Å².